The van der Waals surface area contributed by atoms with Crippen molar-refractivity contribution in [3.63, 3.8) is 0 Å². The van der Waals surface area contributed by atoms with Crippen LogP contribution in [-0.4, -0.2) is 28.4 Å². The van der Waals surface area contributed by atoms with Gasteiger partial charge in [-0.2, -0.15) is 0 Å². The van der Waals surface area contributed by atoms with Gasteiger partial charge in [-0.15, -0.1) is 0 Å². The molecule has 0 aliphatic rings. The summed E-state index contributed by atoms with van der Waals surface area (Å²) in [6, 6.07) is 2.75. The first kappa shape index (κ1) is 11.2. The fourth-order valence-electron chi connectivity index (χ4n) is 1.11. The van der Waals surface area contributed by atoms with E-state index >= 15 is 0 Å². The Morgan fingerprint density at radius 3 is 2.60 bits per heavy atom. The van der Waals surface area contributed by atoms with Crippen LogP contribution in [0.3, 0.4) is 0 Å². The Balaban J connectivity index is 3.21. The van der Waals surface area contributed by atoms with Crippen molar-refractivity contribution in [2.75, 3.05) is 6.61 Å². The number of ketones is 1. The summed E-state index contributed by atoms with van der Waals surface area (Å²) in [7, 11) is 0. The molecule has 1 aromatic heterocycles. The van der Waals surface area contributed by atoms with Crippen molar-refractivity contribution in [1.29, 1.82) is 0 Å². The molecule has 1 heterocycles. The Kier molecular flexibility index (Phi) is 3.38. The van der Waals surface area contributed by atoms with Crippen LogP contribution in [0.2, 0.25) is 0 Å². The second kappa shape index (κ2) is 4.54. The number of Topliss-reactive ketones (excluding diaryl/α,β-unsaturated/α-hetero) is 1. The highest BCUT2D eigenvalue weighted by Crippen LogP contribution is 2.13. The molecule has 1 aromatic rings. The van der Waals surface area contributed by atoms with Gasteiger partial charge in [0.05, 0.1) is 12.2 Å². The molecule has 0 aliphatic carbocycles. The summed E-state index contributed by atoms with van der Waals surface area (Å²) in [6.07, 6.45) is 0. The van der Waals surface area contributed by atoms with E-state index in [9.17, 15) is 9.59 Å². The lowest BCUT2D eigenvalue weighted by atomic mass is 10.1. The molecule has 15 heavy (non-hydrogen) atoms. The second-order valence-corrected chi connectivity index (χ2v) is 2.84. The summed E-state index contributed by atoms with van der Waals surface area (Å²) in [6.45, 7) is 3.46. The van der Waals surface area contributed by atoms with Gasteiger partial charge in [0.15, 0.2) is 5.78 Å². The molecule has 5 nitrogen and oxygen atoms in total. The highest BCUT2D eigenvalue weighted by Gasteiger charge is 2.16. The second-order valence-electron chi connectivity index (χ2n) is 2.84. The number of nitrogens with zero attached hydrogens (tertiary/aromatic N) is 1. The summed E-state index contributed by atoms with van der Waals surface area (Å²) in [5, 5.41) is 8.80. The van der Waals surface area contributed by atoms with Gasteiger partial charge in [-0.1, -0.05) is 0 Å². The van der Waals surface area contributed by atoms with Crippen LogP contribution < -0.4 is 4.74 Å². The number of aromatic carboxylic acids is 1. The van der Waals surface area contributed by atoms with E-state index in [1.165, 1.54) is 19.1 Å². The summed E-state index contributed by atoms with van der Waals surface area (Å²) >= 11 is 0. The lowest BCUT2D eigenvalue weighted by Gasteiger charge is -2.05. The molecule has 0 radical (unpaired) electrons. The van der Waals surface area contributed by atoms with Crippen molar-refractivity contribution in [2.45, 2.75) is 13.8 Å². The zero-order valence-electron chi connectivity index (χ0n) is 8.48. The molecular formula is C10H11NO4. The van der Waals surface area contributed by atoms with E-state index in [0.29, 0.717) is 6.61 Å². The molecule has 0 saturated heterocycles. The molecule has 0 amide bonds. The van der Waals surface area contributed by atoms with E-state index in [0.717, 1.165) is 0 Å². The average molecular weight is 209 g/mol. The Hall–Kier alpha value is -1.91. The van der Waals surface area contributed by atoms with Crippen molar-refractivity contribution >= 4 is 11.8 Å². The largest absolute Gasteiger partial charge is 0.478 e. The van der Waals surface area contributed by atoms with E-state index < -0.39 is 11.8 Å². The van der Waals surface area contributed by atoms with E-state index in [1.807, 2.05) is 0 Å². The minimum atomic E-state index is -1.17. The number of aromatic nitrogens is 1. The van der Waals surface area contributed by atoms with Gasteiger partial charge in [-0.05, 0) is 13.0 Å². The summed E-state index contributed by atoms with van der Waals surface area (Å²) in [4.78, 5) is 25.7. The maximum absolute atomic E-state index is 11.1. The first-order chi connectivity index (χ1) is 7.06. The maximum atomic E-state index is 11.1. The molecule has 1 rings (SSSR count). The lowest BCUT2D eigenvalue weighted by Crippen LogP contribution is -2.09. The van der Waals surface area contributed by atoms with Crippen LogP contribution in [0.1, 0.15) is 34.7 Å². The Bertz CT molecular complexity index is 400. The molecule has 0 bridgehead atoms. The van der Waals surface area contributed by atoms with E-state index in [1.54, 1.807) is 6.92 Å². The van der Waals surface area contributed by atoms with Crippen LogP contribution in [0.5, 0.6) is 5.88 Å². The smallest absolute Gasteiger partial charge is 0.338 e. The van der Waals surface area contributed by atoms with Gasteiger partial charge in [-0.25, -0.2) is 9.78 Å². The number of carbonyl (C=O) groups is 2. The maximum Gasteiger partial charge on any atom is 0.338 e. The zero-order chi connectivity index (χ0) is 11.4. The Morgan fingerprint density at radius 1 is 1.47 bits per heavy atom. The van der Waals surface area contributed by atoms with Crippen LogP contribution in [0.4, 0.5) is 0 Å². The third-order valence-corrected chi connectivity index (χ3v) is 1.73. The Labute approximate surface area is 86.7 Å². The molecule has 0 saturated carbocycles. The lowest BCUT2D eigenvalue weighted by molar-refractivity contribution is 0.0691. The Morgan fingerprint density at radius 2 is 2.13 bits per heavy atom. The first-order valence-corrected chi connectivity index (χ1v) is 4.44. The van der Waals surface area contributed by atoms with E-state index in [4.69, 9.17) is 9.84 Å². The van der Waals surface area contributed by atoms with E-state index in [2.05, 4.69) is 4.98 Å². The molecule has 0 spiro atoms. The fraction of sp³-hybridized carbons (Fsp3) is 0.300. The van der Waals surface area contributed by atoms with Crippen LogP contribution >= 0.6 is 0 Å². The molecule has 1 N–H and O–H groups in total. The number of pyridine rings is 1. The van der Waals surface area contributed by atoms with Crippen molar-refractivity contribution in [3.8, 4) is 5.88 Å². The van der Waals surface area contributed by atoms with Crippen LogP contribution in [0.15, 0.2) is 12.1 Å². The standard InChI is InChI=1S/C10H11NO4/c1-3-15-8-5-4-7(10(13)14)9(11-8)6(2)12/h4-5H,3H2,1-2H3,(H,13,14). The van der Waals surface area contributed by atoms with E-state index in [-0.39, 0.29) is 17.1 Å². The van der Waals surface area contributed by atoms with Gasteiger partial charge in [0, 0.05) is 13.0 Å². The van der Waals surface area contributed by atoms with Crippen molar-refractivity contribution in [3.05, 3.63) is 23.4 Å². The number of carboxylic acid groups (broad SMARTS) is 1. The molecule has 80 valence electrons. The van der Waals surface area contributed by atoms with Crippen molar-refractivity contribution in [1.82, 2.24) is 4.98 Å². The molecule has 0 atom stereocenters. The van der Waals surface area contributed by atoms with Gasteiger partial charge < -0.3 is 9.84 Å². The monoisotopic (exact) mass is 209 g/mol. The molecule has 5 heteroatoms. The fourth-order valence-corrected chi connectivity index (χ4v) is 1.11. The first-order valence-electron chi connectivity index (χ1n) is 4.44. The predicted octanol–water partition coefficient (Wildman–Crippen LogP) is 1.38. The SMILES string of the molecule is CCOc1ccc(C(=O)O)c(C(C)=O)n1. The van der Waals surface area contributed by atoms with Crippen LogP contribution in [0.25, 0.3) is 0 Å². The number of hydrogen-bond donors (Lipinski definition) is 1. The quantitative estimate of drug-likeness (QED) is 0.758. The van der Waals surface area contributed by atoms with Gasteiger partial charge in [-0.3, -0.25) is 4.79 Å². The zero-order valence-corrected chi connectivity index (χ0v) is 8.48. The van der Waals surface area contributed by atoms with Crippen LogP contribution in [-0.2, 0) is 0 Å². The summed E-state index contributed by atoms with van der Waals surface area (Å²) < 4.78 is 5.08. The summed E-state index contributed by atoms with van der Waals surface area (Å²) in [5.74, 6) is -1.31. The minimum Gasteiger partial charge on any atom is -0.478 e. The highest BCUT2D eigenvalue weighted by molar-refractivity contribution is 6.03. The number of ether oxygens (including phenoxy) is 1. The van der Waals surface area contributed by atoms with Gasteiger partial charge in [0.1, 0.15) is 5.69 Å². The number of carbonyl (C=O) groups excluding carboxylic acids is 1. The predicted molar refractivity (Wildman–Crippen MR) is 52.4 cm³/mol. The molecule has 0 unspecified atom stereocenters. The molecule has 0 aliphatic heterocycles. The normalized spacial score (nSPS) is 9.73. The summed E-state index contributed by atoms with van der Waals surface area (Å²) in [5.41, 5.74) is -0.181. The molecular weight excluding hydrogens is 198 g/mol. The van der Waals surface area contributed by atoms with Crippen molar-refractivity contribution in [2.24, 2.45) is 0 Å². The third-order valence-electron chi connectivity index (χ3n) is 1.73. The molecule has 0 aromatic carbocycles. The number of carboxylic acids is 1. The van der Waals surface area contributed by atoms with Crippen LogP contribution in [0, 0.1) is 0 Å². The molecule has 0 fully saturated rings. The minimum absolute atomic E-state index is 0.0755. The third kappa shape index (κ3) is 2.52. The number of rotatable bonds is 4. The van der Waals surface area contributed by atoms with Gasteiger partial charge >= 0.3 is 5.97 Å². The van der Waals surface area contributed by atoms with Crippen molar-refractivity contribution < 1.29 is 19.4 Å². The number of hydrogen-bond acceptors (Lipinski definition) is 4. The average Bonchev–Trinajstić information content (AvgIpc) is 2.17. The topological polar surface area (TPSA) is 76.5 Å². The van der Waals surface area contributed by atoms with Gasteiger partial charge in [0.2, 0.25) is 5.88 Å². The van der Waals surface area contributed by atoms with Gasteiger partial charge in [0.25, 0.3) is 0 Å². The highest BCUT2D eigenvalue weighted by atomic mass is 16.5.